The fourth-order valence-electron chi connectivity index (χ4n) is 2.14. The molecular formula is C13H16N2O3S. The van der Waals surface area contributed by atoms with E-state index in [0.717, 1.165) is 11.0 Å². The lowest BCUT2D eigenvalue weighted by Gasteiger charge is -2.19. The predicted molar refractivity (Wildman–Crippen MR) is 73.3 cm³/mol. The smallest absolute Gasteiger partial charge is 0.236 e. The van der Waals surface area contributed by atoms with Crippen LogP contribution in [0.2, 0.25) is 0 Å². The molecule has 1 fully saturated rings. The van der Waals surface area contributed by atoms with Crippen molar-refractivity contribution in [2.24, 2.45) is 5.73 Å². The summed E-state index contributed by atoms with van der Waals surface area (Å²) in [6.07, 6.45) is 2.67. The first-order valence-electron chi connectivity index (χ1n) is 6.05. The summed E-state index contributed by atoms with van der Waals surface area (Å²) < 4.78 is 25.5. The maximum absolute atomic E-state index is 12.2. The summed E-state index contributed by atoms with van der Waals surface area (Å²) in [6.45, 7) is 0.342. The predicted octanol–water partition coefficient (Wildman–Crippen LogP) is 0.937. The second kappa shape index (κ2) is 5.54. The van der Waals surface area contributed by atoms with Gasteiger partial charge in [-0.25, -0.2) is 8.42 Å². The molecule has 5 nitrogen and oxygen atoms in total. The lowest BCUT2D eigenvalue weighted by Crippen LogP contribution is -2.42. The van der Waals surface area contributed by atoms with Crippen molar-refractivity contribution in [3.8, 4) is 0 Å². The molecule has 1 saturated heterocycles. The lowest BCUT2D eigenvalue weighted by atomic mass is 10.2. The summed E-state index contributed by atoms with van der Waals surface area (Å²) in [5.74, 6) is -0.589. The molecular weight excluding hydrogens is 264 g/mol. The molecule has 102 valence electrons. The molecule has 2 N–H and O–H groups in total. The highest BCUT2D eigenvalue weighted by atomic mass is 32.2. The molecule has 1 atom stereocenters. The third kappa shape index (κ3) is 3.21. The number of amides is 1. The quantitative estimate of drug-likeness (QED) is 0.891. The van der Waals surface area contributed by atoms with Crippen LogP contribution in [0, 0.1) is 0 Å². The van der Waals surface area contributed by atoms with Crippen molar-refractivity contribution in [1.82, 2.24) is 4.31 Å². The van der Waals surface area contributed by atoms with Gasteiger partial charge in [0.05, 0.1) is 0 Å². The van der Waals surface area contributed by atoms with Gasteiger partial charge >= 0.3 is 0 Å². The topological polar surface area (TPSA) is 80.5 Å². The summed E-state index contributed by atoms with van der Waals surface area (Å²) in [7, 11) is -3.60. The summed E-state index contributed by atoms with van der Waals surface area (Å²) in [5.41, 5.74) is 6.02. The Bertz CT molecular complexity index is 581. The zero-order chi connectivity index (χ0) is 13.9. The number of carbonyl (C=O) groups is 1. The van der Waals surface area contributed by atoms with Gasteiger partial charge in [-0.1, -0.05) is 30.3 Å². The Balaban J connectivity index is 2.19. The molecule has 1 aromatic carbocycles. The van der Waals surface area contributed by atoms with Gasteiger partial charge in [-0.05, 0) is 24.5 Å². The minimum Gasteiger partial charge on any atom is -0.368 e. The summed E-state index contributed by atoms with van der Waals surface area (Å²) in [6, 6.07) is 8.41. The average molecular weight is 280 g/mol. The van der Waals surface area contributed by atoms with E-state index in [4.69, 9.17) is 5.73 Å². The van der Waals surface area contributed by atoms with E-state index in [1.165, 1.54) is 10.4 Å². The Kier molecular flexibility index (Phi) is 4.01. The van der Waals surface area contributed by atoms with Crippen LogP contribution < -0.4 is 5.73 Å². The van der Waals surface area contributed by atoms with Gasteiger partial charge in [-0.3, -0.25) is 4.79 Å². The molecule has 1 unspecified atom stereocenters. The first-order valence-corrected chi connectivity index (χ1v) is 7.55. The molecule has 19 heavy (non-hydrogen) atoms. The van der Waals surface area contributed by atoms with Crippen LogP contribution in [0.5, 0.6) is 0 Å². The molecule has 1 aliphatic heterocycles. The SMILES string of the molecule is NC(=O)C1CCCN1S(=O)(=O)/C=C/c1ccccc1. The van der Waals surface area contributed by atoms with E-state index < -0.39 is 22.0 Å². The number of rotatable bonds is 4. The largest absolute Gasteiger partial charge is 0.368 e. The monoisotopic (exact) mass is 280 g/mol. The van der Waals surface area contributed by atoms with E-state index in [9.17, 15) is 13.2 Å². The van der Waals surface area contributed by atoms with Gasteiger partial charge in [-0.2, -0.15) is 4.31 Å². The van der Waals surface area contributed by atoms with Gasteiger partial charge in [0.2, 0.25) is 15.9 Å². The van der Waals surface area contributed by atoms with Crippen LogP contribution in [-0.2, 0) is 14.8 Å². The number of hydrogen-bond acceptors (Lipinski definition) is 3. The Labute approximate surface area is 112 Å². The molecule has 1 aliphatic rings. The Morgan fingerprint density at radius 1 is 1.32 bits per heavy atom. The normalized spacial score (nSPS) is 20.9. The van der Waals surface area contributed by atoms with Crippen molar-refractivity contribution in [2.75, 3.05) is 6.54 Å². The van der Waals surface area contributed by atoms with Gasteiger partial charge in [0, 0.05) is 12.0 Å². The Morgan fingerprint density at radius 3 is 2.63 bits per heavy atom. The third-order valence-electron chi connectivity index (χ3n) is 3.09. The van der Waals surface area contributed by atoms with Crippen molar-refractivity contribution < 1.29 is 13.2 Å². The molecule has 0 spiro atoms. The molecule has 0 bridgehead atoms. The molecule has 0 radical (unpaired) electrons. The Morgan fingerprint density at radius 2 is 2.00 bits per heavy atom. The number of sulfonamides is 1. The van der Waals surface area contributed by atoms with E-state index in [1.807, 2.05) is 30.3 Å². The second-order valence-corrected chi connectivity index (χ2v) is 6.20. The zero-order valence-electron chi connectivity index (χ0n) is 10.4. The molecule has 0 saturated carbocycles. The van der Waals surface area contributed by atoms with E-state index in [-0.39, 0.29) is 0 Å². The van der Waals surface area contributed by atoms with Crippen LogP contribution in [0.4, 0.5) is 0 Å². The average Bonchev–Trinajstić information content (AvgIpc) is 2.88. The zero-order valence-corrected chi connectivity index (χ0v) is 11.2. The van der Waals surface area contributed by atoms with Gasteiger partial charge < -0.3 is 5.73 Å². The first kappa shape index (κ1) is 13.8. The van der Waals surface area contributed by atoms with Crippen LogP contribution in [-0.4, -0.2) is 31.2 Å². The summed E-state index contributed by atoms with van der Waals surface area (Å²) in [5, 5.41) is 1.13. The summed E-state index contributed by atoms with van der Waals surface area (Å²) >= 11 is 0. The molecule has 1 amide bonds. The molecule has 0 aromatic heterocycles. The van der Waals surface area contributed by atoms with E-state index in [1.54, 1.807) is 0 Å². The van der Waals surface area contributed by atoms with Crippen molar-refractivity contribution in [2.45, 2.75) is 18.9 Å². The summed E-state index contributed by atoms with van der Waals surface area (Å²) in [4.78, 5) is 11.2. The van der Waals surface area contributed by atoms with Crippen LogP contribution in [0.15, 0.2) is 35.7 Å². The Hall–Kier alpha value is -1.66. The lowest BCUT2D eigenvalue weighted by molar-refractivity contribution is -0.121. The highest BCUT2D eigenvalue weighted by Crippen LogP contribution is 2.22. The number of carbonyl (C=O) groups excluding carboxylic acids is 1. The third-order valence-corrected chi connectivity index (χ3v) is 4.66. The highest BCUT2D eigenvalue weighted by Gasteiger charge is 2.36. The molecule has 1 aromatic rings. The maximum atomic E-state index is 12.2. The van der Waals surface area contributed by atoms with Gasteiger partial charge in [0.15, 0.2) is 0 Å². The standard InChI is InChI=1S/C13H16N2O3S/c14-13(16)12-7-4-9-15(12)19(17,18)10-8-11-5-2-1-3-6-11/h1-3,5-6,8,10,12H,4,7,9H2,(H2,14,16)/b10-8+. The van der Waals surface area contributed by atoms with Crippen molar-refractivity contribution in [3.05, 3.63) is 41.3 Å². The van der Waals surface area contributed by atoms with Gasteiger partial charge in [0.25, 0.3) is 0 Å². The first-order chi connectivity index (χ1) is 9.00. The van der Waals surface area contributed by atoms with E-state index >= 15 is 0 Å². The fourth-order valence-corrected chi connectivity index (χ4v) is 3.57. The molecule has 0 aliphatic carbocycles. The minimum atomic E-state index is -3.60. The van der Waals surface area contributed by atoms with Crippen molar-refractivity contribution in [3.63, 3.8) is 0 Å². The van der Waals surface area contributed by atoms with E-state index in [2.05, 4.69) is 0 Å². The fraction of sp³-hybridized carbons (Fsp3) is 0.308. The molecule has 6 heteroatoms. The molecule has 1 heterocycles. The number of benzene rings is 1. The van der Waals surface area contributed by atoms with Crippen LogP contribution in [0.25, 0.3) is 6.08 Å². The molecule has 2 rings (SSSR count). The number of nitrogens with zero attached hydrogens (tertiary/aromatic N) is 1. The number of hydrogen-bond donors (Lipinski definition) is 1. The van der Waals surface area contributed by atoms with Crippen LogP contribution >= 0.6 is 0 Å². The minimum absolute atomic E-state index is 0.342. The van der Waals surface area contributed by atoms with Gasteiger partial charge in [0.1, 0.15) is 6.04 Å². The maximum Gasteiger partial charge on any atom is 0.236 e. The van der Waals surface area contributed by atoms with Crippen LogP contribution in [0.1, 0.15) is 18.4 Å². The van der Waals surface area contributed by atoms with Crippen molar-refractivity contribution >= 4 is 22.0 Å². The second-order valence-electron chi connectivity index (χ2n) is 4.43. The van der Waals surface area contributed by atoms with Crippen LogP contribution in [0.3, 0.4) is 0 Å². The van der Waals surface area contributed by atoms with Crippen molar-refractivity contribution in [1.29, 1.82) is 0 Å². The number of nitrogens with two attached hydrogens (primary N) is 1. The number of primary amides is 1. The highest BCUT2D eigenvalue weighted by molar-refractivity contribution is 7.92. The van der Waals surface area contributed by atoms with E-state index in [0.29, 0.717) is 19.4 Å². The van der Waals surface area contributed by atoms with Gasteiger partial charge in [-0.15, -0.1) is 0 Å².